The summed E-state index contributed by atoms with van der Waals surface area (Å²) >= 11 is 0. The molecule has 84 valence electrons. The van der Waals surface area contributed by atoms with Crippen LogP contribution in [-0.2, 0) is 20.7 Å². The van der Waals surface area contributed by atoms with E-state index in [1.165, 1.54) is 37.5 Å². The van der Waals surface area contributed by atoms with Crippen molar-refractivity contribution in [2.24, 2.45) is 4.99 Å². The molecule has 0 fully saturated rings. The Labute approximate surface area is 91.8 Å². The molecule has 1 aromatic rings. The van der Waals surface area contributed by atoms with Gasteiger partial charge < -0.3 is 4.74 Å². The Morgan fingerprint density at radius 1 is 1.50 bits per heavy atom. The molecule has 0 aliphatic carbocycles. The van der Waals surface area contributed by atoms with Gasteiger partial charge in [-0.05, 0) is 17.7 Å². The Morgan fingerprint density at radius 2 is 2.12 bits per heavy atom. The van der Waals surface area contributed by atoms with Crippen LogP contribution in [0.1, 0.15) is 5.56 Å². The van der Waals surface area contributed by atoms with Gasteiger partial charge in [-0.15, -0.1) is 0 Å². The summed E-state index contributed by atoms with van der Waals surface area (Å²) in [5.41, 5.74) is 0.691. The monoisotopic (exact) mass is 223 g/mol. The van der Waals surface area contributed by atoms with E-state index in [1.54, 1.807) is 0 Å². The molecule has 16 heavy (non-hydrogen) atoms. The zero-order valence-electron chi connectivity index (χ0n) is 8.64. The van der Waals surface area contributed by atoms with Crippen molar-refractivity contribution in [3.05, 3.63) is 35.6 Å². The van der Waals surface area contributed by atoms with Crippen molar-refractivity contribution in [2.75, 3.05) is 7.11 Å². The summed E-state index contributed by atoms with van der Waals surface area (Å²) in [6, 6.07) is 4.66. The van der Waals surface area contributed by atoms with E-state index in [0.717, 1.165) is 0 Å². The molecule has 0 spiro atoms. The van der Waals surface area contributed by atoms with Crippen molar-refractivity contribution >= 4 is 12.0 Å². The Balaban J connectivity index is 2.79. The van der Waals surface area contributed by atoms with Crippen LogP contribution in [-0.4, -0.2) is 25.2 Å². The van der Waals surface area contributed by atoms with Crippen LogP contribution in [0.5, 0.6) is 0 Å². The topological polar surface area (TPSA) is 55.7 Å². The molecular formula is C11H10FNO3. The Bertz CT molecular complexity index is 410. The van der Waals surface area contributed by atoms with Crippen molar-refractivity contribution < 1.29 is 18.7 Å². The van der Waals surface area contributed by atoms with Crippen LogP contribution in [0.3, 0.4) is 0 Å². The fraction of sp³-hybridized carbons (Fsp3) is 0.273. The lowest BCUT2D eigenvalue weighted by Gasteiger charge is -2.07. The standard InChI is InChI=1S/C11H10FNO3/c1-16-11(15)10(13-7-14)6-8-2-4-9(12)5-3-8/h2-5,10H,6H2,1H3/t10-/m1/s1. The van der Waals surface area contributed by atoms with Gasteiger partial charge in [-0.3, -0.25) is 0 Å². The van der Waals surface area contributed by atoms with Gasteiger partial charge in [-0.1, -0.05) is 12.1 Å². The van der Waals surface area contributed by atoms with Gasteiger partial charge in [0.05, 0.1) is 7.11 Å². The lowest BCUT2D eigenvalue weighted by molar-refractivity contribution is -0.142. The van der Waals surface area contributed by atoms with Crippen LogP contribution in [0.4, 0.5) is 4.39 Å². The van der Waals surface area contributed by atoms with Gasteiger partial charge >= 0.3 is 5.97 Å². The van der Waals surface area contributed by atoms with Crippen LogP contribution >= 0.6 is 0 Å². The number of aliphatic imine (C=N–C) groups is 1. The van der Waals surface area contributed by atoms with Crippen molar-refractivity contribution in [1.82, 2.24) is 0 Å². The van der Waals surface area contributed by atoms with Gasteiger partial charge in [-0.2, -0.15) is 4.99 Å². The minimum Gasteiger partial charge on any atom is -0.467 e. The van der Waals surface area contributed by atoms with E-state index in [0.29, 0.717) is 5.56 Å². The highest BCUT2D eigenvalue weighted by Crippen LogP contribution is 2.08. The number of rotatable bonds is 4. The normalized spacial score (nSPS) is 11.4. The number of ether oxygens (including phenoxy) is 1. The second kappa shape index (κ2) is 5.78. The molecule has 5 heteroatoms. The van der Waals surface area contributed by atoms with Crippen LogP contribution < -0.4 is 0 Å². The number of isocyanates is 1. The number of esters is 1. The third-order valence-electron chi connectivity index (χ3n) is 2.02. The van der Waals surface area contributed by atoms with E-state index < -0.39 is 12.0 Å². The van der Waals surface area contributed by atoms with Crippen molar-refractivity contribution in [3.63, 3.8) is 0 Å². The molecule has 0 aliphatic rings. The number of carbonyl (C=O) groups is 1. The van der Waals surface area contributed by atoms with E-state index in [1.807, 2.05) is 0 Å². The number of methoxy groups -OCH3 is 1. The Kier molecular flexibility index (Phi) is 4.36. The fourth-order valence-corrected chi connectivity index (χ4v) is 1.23. The molecule has 1 atom stereocenters. The van der Waals surface area contributed by atoms with Crippen molar-refractivity contribution in [1.29, 1.82) is 0 Å². The summed E-state index contributed by atoms with van der Waals surface area (Å²) in [6.45, 7) is 0. The van der Waals surface area contributed by atoms with E-state index in [4.69, 9.17) is 0 Å². The predicted molar refractivity (Wildman–Crippen MR) is 54.0 cm³/mol. The summed E-state index contributed by atoms with van der Waals surface area (Å²) in [6.07, 6.45) is 1.50. The third kappa shape index (κ3) is 3.29. The number of carbonyl (C=O) groups excluding carboxylic acids is 2. The zero-order chi connectivity index (χ0) is 12.0. The van der Waals surface area contributed by atoms with Gasteiger partial charge in [0.1, 0.15) is 5.82 Å². The molecule has 0 heterocycles. The van der Waals surface area contributed by atoms with E-state index in [-0.39, 0.29) is 12.2 Å². The minimum atomic E-state index is -0.923. The maximum absolute atomic E-state index is 12.6. The molecule has 0 saturated heterocycles. The first kappa shape index (κ1) is 12.1. The molecule has 0 radical (unpaired) electrons. The lowest BCUT2D eigenvalue weighted by Crippen LogP contribution is -2.22. The van der Waals surface area contributed by atoms with Crippen molar-refractivity contribution in [3.8, 4) is 0 Å². The lowest BCUT2D eigenvalue weighted by atomic mass is 10.1. The smallest absolute Gasteiger partial charge is 0.331 e. The van der Waals surface area contributed by atoms with Crippen LogP contribution in [0.2, 0.25) is 0 Å². The molecule has 4 nitrogen and oxygen atoms in total. The molecule has 0 bridgehead atoms. The number of nitrogens with zero attached hydrogens (tertiary/aromatic N) is 1. The molecule has 0 unspecified atom stereocenters. The first-order chi connectivity index (χ1) is 7.67. The molecular weight excluding hydrogens is 213 g/mol. The molecule has 0 aliphatic heterocycles. The maximum Gasteiger partial charge on any atom is 0.331 e. The van der Waals surface area contributed by atoms with Gasteiger partial charge in [0.25, 0.3) is 0 Å². The molecule has 0 saturated carbocycles. The molecule has 0 amide bonds. The first-order valence-electron chi connectivity index (χ1n) is 4.56. The summed E-state index contributed by atoms with van der Waals surface area (Å²) in [7, 11) is 1.21. The number of hydrogen-bond acceptors (Lipinski definition) is 4. The second-order valence-electron chi connectivity index (χ2n) is 3.09. The minimum absolute atomic E-state index is 0.183. The van der Waals surface area contributed by atoms with Gasteiger partial charge in [0.2, 0.25) is 6.08 Å². The Morgan fingerprint density at radius 3 is 2.62 bits per heavy atom. The van der Waals surface area contributed by atoms with Gasteiger partial charge in [-0.25, -0.2) is 14.0 Å². The largest absolute Gasteiger partial charge is 0.467 e. The number of hydrogen-bond donors (Lipinski definition) is 0. The summed E-state index contributed by atoms with van der Waals surface area (Å²) in [5.74, 6) is -0.982. The fourth-order valence-electron chi connectivity index (χ4n) is 1.23. The molecule has 0 aromatic heterocycles. The summed E-state index contributed by atoms with van der Waals surface area (Å²) in [5, 5.41) is 0. The van der Waals surface area contributed by atoms with Gasteiger partial charge in [0, 0.05) is 6.42 Å². The zero-order valence-corrected chi connectivity index (χ0v) is 8.64. The van der Waals surface area contributed by atoms with E-state index >= 15 is 0 Å². The summed E-state index contributed by atoms with van der Waals surface area (Å²) in [4.78, 5) is 24.7. The van der Waals surface area contributed by atoms with Gasteiger partial charge in [0.15, 0.2) is 6.04 Å². The maximum atomic E-state index is 12.6. The molecule has 0 N–H and O–H groups in total. The third-order valence-corrected chi connectivity index (χ3v) is 2.02. The first-order valence-corrected chi connectivity index (χ1v) is 4.56. The van der Waals surface area contributed by atoms with Crippen LogP contribution in [0, 0.1) is 5.82 Å². The van der Waals surface area contributed by atoms with Crippen LogP contribution in [0.25, 0.3) is 0 Å². The SMILES string of the molecule is COC(=O)[C@@H](Cc1ccc(F)cc1)N=C=O. The number of benzene rings is 1. The second-order valence-corrected chi connectivity index (χ2v) is 3.09. The highest BCUT2D eigenvalue weighted by molar-refractivity contribution is 5.77. The highest BCUT2D eigenvalue weighted by Gasteiger charge is 2.18. The Hall–Kier alpha value is -2.00. The average Bonchev–Trinajstić information content (AvgIpc) is 2.30. The highest BCUT2D eigenvalue weighted by atomic mass is 19.1. The van der Waals surface area contributed by atoms with E-state index in [2.05, 4.69) is 9.73 Å². The average molecular weight is 223 g/mol. The quantitative estimate of drug-likeness (QED) is 0.438. The van der Waals surface area contributed by atoms with Crippen molar-refractivity contribution in [2.45, 2.75) is 12.5 Å². The molecule has 1 rings (SSSR count). The van der Waals surface area contributed by atoms with Crippen LogP contribution in [0.15, 0.2) is 29.3 Å². The predicted octanol–water partition coefficient (Wildman–Crippen LogP) is 1.25. The summed E-state index contributed by atoms with van der Waals surface area (Å²) < 4.78 is 17.1. The number of halogens is 1. The van der Waals surface area contributed by atoms with E-state index in [9.17, 15) is 14.0 Å². The molecule has 1 aromatic carbocycles.